The van der Waals surface area contributed by atoms with Crippen LogP contribution in [0.15, 0.2) is 67.0 Å². The zero-order valence-corrected chi connectivity index (χ0v) is 15.2. The number of carbonyl (C=O) groups excluding carboxylic acids is 2. The van der Waals surface area contributed by atoms with E-state index in [0.717, 1.165) is 23.4 Å². The van der Waals surface area contributed by atoms with E-state index in [1.54, 1.807) is 4.90 Å². The van der Waals surface area contributed by atoms with Crippen LogP contribution in [0.4, 0.5) is 11.4 Å². The second kappa shape index (κ2) is 7.11. The van der Waals surface area contributed by atoms with Crippen LogP contribution < -0.4 is 10.2 Å². The molecule has 1 aromatic heterocycles. The highest BCUT2D eigenvalue weighted by Crippen LogP contribution is 2.30. The van der Waals surface area contributed by atoms with Crippen molar-refractivity contribution >= 4 is 23.2 Å². The lowest BCUT2D eigenvalue weighted by Crippen LogP contribution is -2.25. The molecule has 0 bridgehead atoms. The Kier molecular flexibility index (Phi) is 4.50. The number of anilines is 2. The Morgan fingerprint density at radius 3 is 2.52 bits per heavy atom. The Bertz CT molecular complexity index is 993. The minimum absolute atomic E-state index is 0.0990. The van der Waals surface area contributed by atoms with Gasteiger partial charge >= 0.3 is 0 Å². The SMILES string of the molecule is Cc1ccc(C(=O)Nc2ccccc2N2CCCC2=O)cc1-n1cccc1. The first-order valence-corrected chi connectivity index (χ1v) is 9.08. The zero-order valence-electron chi connectivity index (χ0n) is 15.2. The van der Waals surface area contributed by atoms with Gasteiger partial charge in [0, 0.05) is 36.6 Å². The molecule has 0 saturated carbocycles. The van der Waals surface area contributed by atoms with Gasteiger partial charge in [0.1, 0.15) is 0 Å². The van der Waals surface area contributed by atoms with Crippen LogP contribution in [0, 0.1) is 6.92 Å². The fraction of sp³-hybridized carbons (Fsp3) is 0.182. The third-order valence-corrected chi connectivity index (χ3v) is 4.87. The lowest BCUT2D eigenvalue weighted by molar-refractivity contribution is -0.117. The molecule has 2 aromatic carbocycles. The normalized spacial score (nSPS) is 13.8. The Balaban J connectivity index is 1.62. The number of hydrogen-bond donors (Lipinski definition) is 1. The first-order valence-electron chi connectivity index (χ1n) is 9.08. The topological polar surface area (TPSA) is 54.3 Å². The molecule has 3 aromatic rings. The maximum atomic E-state index is 12.9. The molecular formula is C22H21N3O2. The molecule has 27 heavy (non-hydrogen) atoms. The van der Waals surface area contributed by atoms with Crippen molar-refractivity contribution in [2.45, 2.75) is 19.8 Å². The molecule has 0 aliphatic carbocycles. The van der Waals surface area contributed by atoms with Gasteiger partial charge in [-0.1, -0.05) is 18.2 Å². The molecule has 1 saturated heterocycles. The molecule has 1 aliphatic heterocycles. The first kappa shape index (κ1) is 17.1. The van der Waals surface area contributed by atoms with Gasteiger partial charge < -0.3 is 14.8 Å². The third-order valence-electron chi connectivity index (χ3n) is 4.87. The minimum atomic E-state index is -0.192. The monoisotopic (exact) mass is 359 g/mol. The van der Waals surface area contributed by atoms with Gasteiger partial charge in [-0.05, 0) is 55.3 Å². The van der Waals surface area contributed by atoms with E-state index in [0.29, 0.717) is 24.2 Å². The Hall–Kier alpha value is -3.34. The highest BCUT2D eigenvalue weighted by Gasteiger charge is 2.24. The van der Waals surface area contributed by atoms with Crippen LogP contribution in [0.2, 0.25) is 0 Å². The van der Waals surface area contributed by atoms with Crippen molar-refractivity contribution in [3.05, 3.63) is 78.1 Å². The summed E-state index contributed by atoms with van der Waals surface area (Å²) in [6, 6.07) is 17.0. The van der Waals surface area contributed by atoms with E-state index in [4.69, 9.17) is 0 Å². The van der Waals surface area contributed by atoms with Crippen LogP contribution in [-0.2, 0) is 4.79 Å². The molecule has 136 valence electrons. The Labute approximate surface area is 158 Å². The lowest BCUT2D eigenvalue weighted by atomic mass is 10.1. The number of para-hydroxylation sites is 2. The van der Waals surface area contributed by atoms with E-state index < -0.39 is 0 Å². The molecule has 0 unspecified atom stereocenters. The van der Waals surface area contributed by atoms with Gasteiger partial charge in [-0.3, -0.25) is 9.59 Å². The molecule has 2 amide bonds. The summed E-state index contributed by atoms with van der Waals surface area (Å²) >= 11 is 0. The minimum Gasteiger partial charge on any atom is -0.324 e. The first-order chi connectivity index (χ1) is 13.1. The Morgan fingerprint density at radius 1 is 1.00 bits per heavy atom. The van der Waals surface area contributed by atoms with Gasteiger partial charge in [0.2, 0.25) is 5.91 Å². The molecule has 0 spiro atoms. The van der Waals surface area contributed by atoms with E-state index in [1.165, 1.54) is 0 Å². The molecule has 0 atom stereocenters. The molecule has 0 radical (unpaired) electrons. The quantitative estimate of drug-likeness (QED) is 0.760. The van der Waals surface area contributed by atoms with Gasteiger partial charge in [0.05, 0.1) is 11.4 Å². The van der Waals surface area contributed by atoms with Crippen molar-refractivity contribution < 1.29 is 9.59 Å². The number of hydrogen-bond acceptors (Lipinski definition) is 2. The number of carbonyl (C=O) groups is 2. The molecule has 2 heterocycles. The van der Waals surface area contributed by atoms with Gasteiger partial charge in [-0.25, -0.2) is 0 Å². The van der Waals surface area contributed by atoms with Crippen LogP contribution in [0.3, 0.4) is 0 Å². The molecule has 5 nitrogen and oxygen atoms in total. The average molecular weight is 359 g/mol. The number of rotatable bonds is 4. The molecule has 1 aliphatic rings. The predicted octanol–water partition coefficient (Wildman–Crippen LogP) is 4.16. The number of aryl methyl sites for hydroxylation is 1. The van der Waals surface area contributed by atoms with Crippen molar-refractivity contribution in [3.8, 4) is 5.69 Å². The van der Waals surface area contributed by atoms with Crippen molar-refractivity contribution in [1.82, 2.24) is 4.57 Å². The summed E-state index contributed by atoms with van der Waals surface area (Å²) in [6.45, 7) is 2.71. The van der Waals surface area contributed by atoms with Crippen LogP contribution in [0.1, 0.15) is 28.8 Å². The van der Waals surface area contributed by atoms with Crippen LogP contribution >= 0.6 is 0 Å². The Morgan fingerprint density at radius 2 is 1.78 bits per heavy atom. The van der Waals surface area contributed by atoms with Crippen LogP contribution in [0.25, 0.3) is 5.69 Å². The van der Waals surface area contributed by atoms with E-state index >= 15 is 0 Å². The smallest absolute Gasteiger partial charge is 0.255 e. The summed E-state index contributed by atoms with van der Waals surface area (Å²) in [5.41, 5.74) is 4.04. The summed E-state index contributed by atoms with van der Waals surface area (Å²) in [6.07, 6.45) is 5.32. The van der Waals surface area contributed by atoms with Crippen molar-refractivity contribution in [1.29, 1.82) is 0 Å². The van der Waals surface area contributed by atoms with E-state index in [1.807, 2.05) is 78.5 Å². The summed E-state index contributed by atoms with van der Waals surface area (Å²) in [5.74, 6) is -0.0931. The van der Waals surface area contributed by atoms with Gasteiger partial charge in [-0.15, -0.1) is 0 Å². The fourth-order valence-corrected chi connectivity index (χ4v) is 3.44. The standard InChI is InChI=1S/C22H21N3O2/c1-16-10-11-17(15-20(16)24-12-4-5-13-24)22(27)23-18-7-2-3-8-19(18)25-14-6-9-21(25)26/h2-5,7-8,10-13,15H,6,9,14H2,1H3,(H,23,27). The highest BCUT2D eigenvalue weighted by molar-refractivity contribution is 6.08. The summed E-state index contributed by atoms with van der Waals surface area (Å²) in [4.78, 5) is 26.7. The van der Waals surface area contributed by atoms with E-state index in [-0.39, 0.29) is 11.8 Å². The predicted molar refractivity (Wildman–Crippen MR) is 106 cm³/mol. The zero-order chi connectivity index (χ0) is 18.8. The summed E-state index contributed by atoms with van der Waals surface area (Å²) < 4.78 is 1.99. The molecular weight excluding hydrogens is 338 g/mol. The number of aromatic nitrogens is 1. The van der Waals surface area contributed by atoms with Crippen molar-refractivity contribution in [2.75, 3.05) is 16.8 Å². The maximum Gasteiger partial charge on any atom is 0.255 e. The number of benzene rings is 2. The molecule has 1 N–H and O–H groups in total. The second-order valence-electron chi connectivity index (χ2n) is 6.71. The number of nitrogens with zero attached hydrogens (tertiary/aromatic N) is 2. The van der Waals surface area contributed by atoms with Gasteiger partial charge in [-0.2, -0.15) is 0 Å². The average Bonchev–Trinajstić information content (AvgIpc) is 3.34. The van der Waals surface area contributed by atoms with Crippen molar-refractivity contribution in [3.63, 3.8) is 0 Å². The van der Waals surface area contributed by atoms with E-state index in [2.05, 4.69) is 5.32 Å². The maximum absolute atomic E-state index is 12.9. The van der Waals surface area contributed by atoms with Crippen LogP contribution in [0.5, 0.6) is 0 Å². The summed E-state index contributed by atoms with van der Waals surface area (Å²) in [5, 5.41) is 2.97. The third kappa shape index (κ3) is 3.36. The largest absolute Gasteiger partial charge is 0.324 e. The lowest BCUT2D eigenvalue weighted by Gasteiger charge is -2.20. The van der Waals surface area contributed by atoms with Gasteiger partial charge in [0.25, 0.3) is 5.91 Å². The molecule has 4 rings (SSSR count). The van der Waals surface area contributed by atoms with Gasteiger partial charge in [0.15, 0.2) is 0 Å². The fourth-order valence-electron chi connectivity index (χ4n) is 3.44. The molecule has 5 heteroatoms. The molecule has 1 fully saturated rings. The van der Waals surface area contributed by atoms with E-state index in [9.17, 15) is 9.59 Å². The van der Waals surface area contributed by atoms with Crippen LogP contribution in [-0.4, -0.2) is 22.9 Å². The number of nitrogens with one attached hydrogen (secondary N) is 1. The summed E-state index contributed by atoms with van der Waals surface area (Å²) in [7, 11) is 0. The second-order valence-corrected chi connectivity index (χ2v) is 6.71. The number of amides is 2. The van der Waals surface area contributed by atoms with Crippen molar-refractivity contribution in [2.24, 2.45) is 0 Å². The highest BCUT2D eigenvalue weighted by atomic mass is 16.2.